The summed E-state index contributed by atoms with van der Waals surface area (Å²) in [5, 5.41) is 0. The molecular formula is C25H44. The summed E-state index contributed by atoms with van der Waals surface area (Å²) >= 11 is 0. The van der Waals surface area contributed by atoms with E-state index in [-0.39, 0.29) is 0 Å². The lowest BCUT2D eigenvalue weighted by Crippen LogP contribution is -2.22. The highest BCUT2D eigenvalue weighted by molar-refractivity contribution is 5.28. The quantitative estimate of drug-likeness (QED) is 0.260. The Morgan fingerprint density at radius 1 is 1.08 bits per heavy atom. The van der Waals surface area contributed by atoms with Crippen LogP contribution in [0.15, 0.2) is 23.8 Å². The molecule has 0 radical (unpaired) electrons. The molecule has 0 aromatic carbocycles. The lowest BCUT2D eigenvalue weighted by molar-refractivity contribution is 0.203. The molecule has 0 aromatic heterocycles. The van der Waals surface area contributed by atoms with Crippen molar-refractivity contribution in [3.05, 3.63) is 23.8 Å². The Balaban J connectivity index is 2.00. The highest BCUT2D eigenvalue weighted by Gasteiger charge is 2.54. The first-order valence-electron chi connectivity index (χ1n) is 11.5. The molecule has 0 heteroatoms. The second-order valence-corrected chi connectivity index (χ2v) is 8.96. The van der Waals surface area contributed by atoms with E-state index in [9.17, 15) is 0 Å². The summed E-state index contributed by atoms with van der Waals surface area (Å²) < 4.78 is 0. The molecule has 2 aliphatic carbocycles. The highest BCUT2D eigenvalue weighted by atomic mass is 14.6. The average Bonchev–Trinajstić information content (AvgIpc) is 3.34. The van der Waals surface area contributed by atoms with Gasteiger partial charge in [0.15, 0.2) is 0 Å². The van der Waals surface area contributed by atoms with E-state index in [0.717, 1.165) is 17.8 Å². The third-order valence-corrected chi connectivity index (χ3v) is 7.24. The first kappa shape index (κ1) is 20.8. The van der Waals surface area contributed by atoms with Gasteiger partial charge in [-0.25, -0.2) is 0 Å². The second kappa shape index (κ2) is 10.6. The van der Waals surface area contributed by atoms with Gasteiger partial charge in [0.05, 0.1) is 0 Å². The number of hydrogen-bond acceptors (Lipinski definition) is 0. The Kier molecular flexibility index (Phi) is 8.80. The van der Waals surface area contributed by atoms with Crippen LogP contribution in [0.1, 0.15) is 111 Å². The van der Waals surface area contributed by atoms with Crippen LogP contribution in [0.4, 0.5) is 0 Å². The van der Waals surface area contributed by atoms with Crippen molar-refractivity contribution in [2.24, 2.45) is 23.2 Å². The molecule has 25 heavy (non-hydrogen) atoms. The minimum atomic E-state index is 0.523. The van der Waals surface area contributed by atoms with E-state index in [1.807, 2.05) is 0 Å². The van der Waals surface area contributed by atoms with Crippen LogP contribution in [0.25, 0.3) is 0 Å². The van der Waals surface area contributed by atoms with Gasteiger partial charge in [0.25, 0.3) is 0 Å². The van der Waals surface area contributed by atoms with Gasteiger partial charge in [-0.1, -0.05) is 95.9 Å². The summed E-state index contributed by atoms with van der Waals surface area (Å²) in [7, 11) is 0. The summed E-state index contributed by atoms with van der Waals surface area (Å²) in [6.45, 7) is 9.48. The molecular weight excluding hydrogens is 300 g/mol. The van der Waals surface area contributed by atoms with Crippen LogP contribution < -0.4 is 0 Å². The van der Waals surface area contributed by atoms with E-state index >= 15 is 0 Å². The monoisotopic (exact) mass is 344 g/mol. The summed E-state index contributed by atoms with van der Waals surface area (Å²) in [4.78, 5) is 0. The van der Waals surface area contributed by atoms with E-state index in [1.54, 1.807) is 5.57 Å². The zero-order valence-corrected chi connectivity index (χ0v) is 17.7. The molecule has 144 valence electrons. The van der Waals surface area contributed by atoms with Crippen LogP contribution in [0.2, 0.25) is 0 Å². The van der Waals surface area contributed by atoms with Gasteiger partial charge in [0.1, 0.15) is 0 Å². The lowest BCUT2D eigenvalue weighted by Gasteiger charge is -2.33. The van der Waals surface area contributed by atoms with Crippen LogP contribution in [0.3, 0.4) is 0 Å². The van der Waals surface area contributed by atoms with Crippen molar-refractivity contribution in [2.75, 3.05) is 0 Å². The molecule has 0 spiro atoms. The summed E-state index contributed by atoms with van der Waals surface area (Å²) in [6, 6.07) is 0. The Hall–Kier alpha value is -0.520. The fraction of sp³-hybridized carbons (Fsp3) is 0.840. The zero-order valence-electron chi connectivity index (χ0n) is 17.7. The summed E-state index contributed by atoms with van der Waals surface area (Å²) in [6.07, 6.45) is 25.9. The number of allylic oxidation sites excluding steroid dienone is 4. The van der Waals surface area contributed by atoms with Crippen molar-refractivity contribution in [1.82, 2.24) is 0 Å². The zero-order chi connectivity index (χ0) is 18.1. The van der Waals surface area contributed by atoms with E-state index in [0.29, 0.717) is 5.41 Å². The van der Waals surface area contributed by atoms with Crippen molar-refractivity contribution < 1.29 is 0 Å². The molecule has 2 saturated carbocycles. The third-order valence-electron chi connectivity index (χ3n) is 7.24. The third kappa shape index (κ3) is 5.73. The maximum atomic E-state index is 2.59. The SMILES string of the molecule is CCC=C(C)C1(CC(CC)C2CCCCC2)CC1C=CCCCCC. The molecule has 0 aliphatic heterocycles. The van der Waals surface area contributed by atoms with Crippen LogP contribution in [-0.2, 0) is 0 Å². The van der Waals surface area contributed by atoms with Gasteiger partial charge in [-0.05, 0) is 62.2 Å². The Morgan fingerprint density at radius 3 is 2.48 bits per heavy atom. The van der Waals surface area contributed by atoms with Gasteiger partial charge in [-0.15, -0.1) is 0 Å². The highest BCUT2D eigenvalue weighted by Crippen LogP contribution is 2.63. The smallest absolute Gasteiger partial charge is 0.00192 e. The van der Waals surface area contributed by atoms with Crippen molar-refractivity contribution in [2.45, 2.75) is 111 Å². The van der Waals surface area contributed by atoms with Crippen molar-refractivity contribution >= 4 is 0 Å². The molecule has 2 aliphatic rings. The van der Waals surface area contributed by atoms with Gasteiger partial charge in [-0.3, -0.25) is 0 Å². The molecule has 0 saturated heterocycles. The second-order valence-electron chi connectivity index (χ2n) is 8.96. The average molecular weight is 345 g/mol. The summed E-state index contributed by atoms with van der Waals surface area (Å²) in [5.74, 6) is 2.80. The fourth-order valence-electron chi connectivity index (χ4n) is 5.43. The number of hydrogen-bond donors (Lipinski definition) is 0. The minimum absolute atomic E-state index is 0.523. The molecule has 0 nitrogen and oxygen atoms in total. The van der Waals surface area contributed by atoms with Crippen LogP contribution >= 0.6 is 0 Å². The molecule has 0 N–H and O–H groups in total. The maximum absolute atomic E-state index is 2.59. The predicted molar refractivity (Wildman–Crippen MR) is 113 cm³/mol. The number of unbranched alkanes of at least 4 members (excludes halogenated alkanes) is 3. The van der Waals surface area contributed by atoms with E-state index in [1.165, 1.54) is 83.5 Å². The first-order chi connectivity index (χ1) is 12.2. The standard InChI is InChI=1S/C25H44/c1-5-8-9-10-14-18-24-20-25(24,21(4)15-6-2)19-22(7-3)23-16-12-11-13-17-23/h14-15,18,22-24H,5-13,16-17,19-20H2,1-4H3. The number of rotatable bonds is 11. The van der Waals surface area contributed by atoms with Crippen LogP contribution in [0, 0.1) is 23.2 Å². The van der Waals surface area contributed by atoms with Crippen molar-refractivity contribution in [1.29, 1.82) is 0 Å². The Labute approximate surface area is 158 Å². The molecule has 2 fully saturated rings. The van der Waals surface area contributed by atoms with Gasteiger partial charge in [0.2, 0.25) is 0 Å². The van der Waals surface area contributed by atoms with Crippen molar-refractivity contribution in [3.8, 4) is 0 Å². The van der Waals surface area contributed by atoms with Gasteiger partial charge >= 0.3 is 0 Å². The van der Waals surface area contributed by atoms with Crippen LogP contribution in [0.5, 0.6) is 0 Å². The topological polar surface area (TPSA) is 0 Å². The molecule has 0 heterocycles. The van der Waals surface area contributed by atoms with E-state index < -0.39 is 0 Å². The van der Waals surface area contributed by atoms with Crippen LogP contribution in [-0.4, -0.2) is 0 Å². The van der Waals surface area contributed by atoms with Gasteiger partial charge in [0, 0.05) is 0 Å². The van der Waals surface area contributed by atoms with Gasteiger partial charge < -0.3 is 0 Å². The molecule has 0 aromatic rings. The predicted octanol–water partition coefficient (Wildman–Crippen LogP) is 8.48. The molecule has 3 unspecified atom stereocenters. The Morgan fingerprint density at radius 2 is 1.84 bits per heavy atom. The van der Waals surface area contributed by atoms with E-state index in [2.05, 4.69) is 45.9 Å². The van der Waals surface area contributed by atoms with E-state index in [4.69, 9.17) is 0 Å². The normalized spacial score (nSPS) is 29.3. The fourth-order valence-corrected chi connectivity index (χ4v) is 5.43. The molecule has 0 amide bonds. The first-order valence-corrected chi connectivity index (χ1v) is 11.5. The molecule has 3 atom stereocenters. The molecule has 2 rings (SSSR count). The van der Waals surface area contributed by atoms with Gasteiger partial charge in [-0.2, -0.15) is 0 Å². The Bertz CT molecular complexity index is 423. The lowest BCUT2D eigenvalue weighted by atomic mass is 9.72. The summed E-state index contributed by atoms with van der Waals surface area (Å²) in [5.41, 5.74) is 2.22. The maximum Gasteiger partial charge on any atom is -0.00192 e. The molecule has 0 bridgehead atoms. The largest absolute Gasteiger partial charge is 0.0882 e. The van der Waals surface area contributed by atoms with Crippen molar-refractivity contribution in [3.63, 3.8) is 0 Å². The minimum Gasteiger partial charge on any atom is -0.0882 e.